The molecular weight excluding hydrogens is 274 g/mol. The number of aromatic nitrogens is 1. The van der Waals surface area contributed by atoms with E-state index in [-0.39, 0.29) is 11.9 Å². The van der Waals surface area contributed by atoms with Crippen LogP contribution in [0.2, 0.25) is 0 Å². The van der Waals surface area contributed by atoms with Crippen molar-refractivity contribution in [2.45, 2.75) is 37.8 Å². The number of rotatable bonds is 2. The molecule has 1 amide bonds. The zero-order valence-electron chi connectivity index (χ0n) is 11.0. The van der Waals surface area contributed by atoms with Gasteiger partial charge in [0.05, 0.1) is 22.4 Å². The van der Waals surface area contributed by atoms with E-state index in [2.05, 4.69) is 10.3 Å². The second-order valence-corrected chi connectivity index (χ2v) is 6.23. The quantitative estimate of drug-likeness (QED) is 0.788. The van der Waals surface area contributed by atoms with Crippen molar-refractivity contribution >= 4 is 32.6 Å². The number of hydrogen-bond acceptors (Lipinski definition) is 5. The predicted molar refractivity (Wildman–Crippen MR) is 79.8 cm³/mol. The van der Waals surface area contributed by atoms with Crippen LogP contribution >= 0.6 is 11.3 Å². The van der Waals surface area contributed by atoms with Gasteiger partial charge in [-0.15, -0.1) is 0 Å². The molecule has 2 atom stereocenters. The Morgan fingerprint density at radius 2 is 2.20 bits per heavy atom. The first-order chi connectivity index (χ1) is 9.63. The SMILES string of the molecule is Nc1nc2ccc(C(=O)N[C@H]3CCCC[C@@H]3O)cc2s1. The normalized spacial score (nSPS) is 22.9. The van der Waals surface area contributed by atoms with Gasteiger partial charge in [-0.1, -0.05) is 24.2 Å². The van der Waals surface area contributed by atoms with Crippen LogP contribution in [-0.2, 0) is 0 Å². The van der Waals surface area contributed by atoms with E-state index in [9.17, 15) is 9.90 Å². The Balaban J connectivity index is 1.77. The van der Waals surface area contributed by atoms with E-state index in [0.717, 1.165) is 35.9 Å². The summed E-state index contributed by atoms with van der Waals surface area (Å²) in [6, 6.07) is 5.20. The Kier molecular flexibility index (Phi) is 3.58. The Labute approximate surface area is 120 Å². The highest BCUT2D eigenvalue weighted by Gasteiger charge is 2.24. The first-order valence-electron chi connectivity index (χ1n) is 6.78. The van der Waals surface area contributed by atoms with Crippen LogP contribution in [0.4, 0.5) is 5.13 Å². The lowest BCUT2D eigenvalue weighted by Crippen LogP contribution is -2.45. The van der Waals surface area contributed by atoms with E-state index in [4.69, 9.17) is 5.73 Å². The summed E-state index contributed by atoms with van der Waals surface area (Å²) in [6.07, 6.45) is 3.24. The number of carbonyl (C=O) groups excluding carboxylic acids is 1. The topological polar surface area (TPSA) is 88.2 Å². The largest absolute Gasteiger partial charge is 0.391 e. The molecule has 106 valence electrons. The minimum atomic E-state index is -0.435. The first-order valence-corrected chi connectivity index (χ1v) is 7.60. The average Bonchev–Trinajstić information content (AvgIpc) is 2.80. The summed E-state index contributed by atoms with van der Waals surface area (Å²) in [5, 5.41) is 13.3. The molecule has 2 aromatic rings. The molecule has 1 aromatic heterocycles. The number of nitrogens with two attached hydrogens (primary N) is 1. The van der Waals surface area contributed by atoms with Gasteiger partial charge in [-0.05, 0) is 31.0 Å². The molecule has 0 spiro atoms. The molecule has 0 radical (unpaired) electrons. The number of benzene rings is 1. The molecule has 20 heavy (non-hydrogen) atoms. The maximum atomic E-state index is 12.2. The van der Waals surface area contributed by atoms with Gasteiger partial charge in [-0.3, -0.25) is 4.79 Å². The van der Waals surface area contributed by atoms with Crippen molar-refractivity contribution in [1.82, 2.24) is 10.3 Å². The minimum Gasteiger partial charge on any atom is -0.391 e. The number of nitrogens with zero attached hydrogens (tertiary/aromatic N) is 1. The highest BCUT2D eigenvalue weighted by atomic mass is 32.1. The molecule has 0 bridgehead atoms. The van der Waals surface area contributed by atoms with E-state index >= 15 is 0 Å². The summed E-state index contributed by atoms with van der Waals surface area (Å²) in [4.78, 5) is 16.4. The Morgan fingerprint density at radius 3 is 3.00 bits per heavy atom. The number of aliphatic hydroxyl groups excluding tert-OH is 1. The standard InChI is InChI=1S/C14H17N3O2S/c15-14-17-10-6-5-8(7-12(10)20-14)13(19)16-9-3-1-2-4-11(9)18/h5-7,9,11,18H,1-4H2,(H2,15,17)(H,16,19)/t9-,11-/m0/s1. The lowest BCUT2D eigenvalue weighted by Gasteiger charge is -2.28. The maximum Gasteiger partial charge on any atom is 0.251 e. The van der Waals surface area contributed by atoms with Gasteiger partial charge in [0.25, 0.3) is 5.91 Å². The number of amides is 1. The second kappa shape index (κ2) is 5.38. The van der Waals surface area contributed by atoms with Crippen LogP contribution in [-0.4, -0.2) is 28.1 Å². The Bertz CT molecular complexity index is 640. The van der Waals surface area contributed by atoms with E-state index < -0.39 is 6.10 Å². The van der Waals surface area contributed by atoms with Gasteiger partial charge in [0.1, 0.15) is 0 Å². The highest BCUT2D eigenvalue weighted by Crippen LogP contribution is 2.25. The maximum absolute atomic E-state index is 12.2. The van der Waals surface area contributed by atoms with Gasteiger partial charge in [0.2, 0.25) is 0 Å². The summed E-state index contributed by atoms with van der Waals surface area (Å²) in [5.74, 6) is -0.148. The van der Waals surface area contributed by atoms with Crippen molar-refractivity contribution in [3.63, 3.8) is 0 Å². The number of nitrogen functional groups attached to an aromatic ring is 1. The van der Waals surface area contributed by atoms with Gasteiger partial charge in [-0.2, -0.15) is 0 Å². The fourth-order valence-electron chi connectivity index (χ4n) is 2.62. The van der Waals surface area contributed by atoms with E-state index in [1.807, 2.05) is 0 Å². The fraction of sp³-hybridized carbons (Fsp3) is 0.429. The Hall–Kier alpha value is -1.66. The third-order valence-electron chi connectivity index (χ3n) is 3.71. The molecule has 1 saturated carbocycles. The summed E-state index contributed by atoms with van der Waals surface area (Å²) in [5.41, 5.74) is 7.05. The van der Waals surface area contributed by atoms with Gasteiger partial charge in [0, 0.05) is 5.56 Å². The Morgan fingerprint density at radius 1 is 1.40 bits per heavy atom. The molecule has 0 aliphatic heterocycles. The second-order valence-electron chi connectivity index (χ2n) is 5.17. The number of carbonyl (C=O) groups is 1. The van der Waals surface area contributed by atoms with Crippen LogP contribution in [0.5, 0.6) is 0 Å². The van der Waals surface area contributed by atoms with Gasteiger partial charge in [0.15, 0.2) is 5.13 Å². The highest BCUT2D eigenvalue weighted by molar-refractivity contribution is 7.22. The van der Waals surface area contributed by atoms with E-state index in [1.54, 1.807) is 18.2 Å². The van der Waals surface area contributed by atoms with Crippen LogP contribution in [0, 0.1) is 0 Å². The number of anilines is 1. The monoisotopic (exact) mass is 291 g/mol. The predicted octanol–water partition coefficient (Wildman–Crippen LogP) is 1.91. The molecule has 0 unspecified atom stereocenters. The van der Waals surface area contributed by atoms with Gasteiger partial charge in [-0.25, -0.2) is 4.98 Å². The van der Waals surface area contributed by atoms with Crippen LogP contribution in [0.3, 0.4) is 0 Å². The van der Waals surface area contributed by atoms with Crippen molar-refractivity contribution < 1.29 is 9.90 Å². The summed E-state index contributed by atoms with van der Waals surface area (Å²) in [7, 11) is 0. The molecule has 6 heteroatoms. The smallest absolute Gasteiger partial charge is 0.251 e. The van der Waals surface area contributed by atoms with Crippen LogP contribution in [0.25, 0.3) is 10.2 Å². The molecule has 0 saturated heterocycles. The summed E-state index contributed by atoms with van der Waals surface area (Å²) in [6.45, 7) is 0. The van der Waals surface area contributed by atoms with E-state index in [1.165, 1.54) is 11.3 Å². The zero-order valence-corrected chi connectivity index (χ0v) is 11.8. The molecule has 3 rings (SSSR count). The van der Waals surface area contributed by atoms with Crippen LogP contribution in [0.15, 0.2) is 18.2 Å². The molecule has 1 aliphatic carbocycles. The van der Waals surface area contributed by atoms with Crippen molar-refractivity contribution in [2.75, 3.05) is 5.73 Å². The lowest BCUT2D eigenvalue weighted by atomic mass is 9.92. The minimum absolute atomic E-state index is 0.140. The van der Waals surface area contributed by atoms with Crippen molar-refractivity contribution in [2.24, 2.45) is 0 Å². The molecule has 1 aromatic carbocycles. The first kappa shape index (κ1) is 13.3. The van der Waals surface area contributed by atoms with Crippen molar-refractivity contribution in [1.29, 1.82) is 0 Å². The summed E-state index contributed by atoms with van der Waals surface area (Å²) < 4.78 is 0.902. The van der Waals surface area contributed by atoms with Crippen LogP contribution in [0.1, 0.15) is 36.0 Å². The van der Waals surface area contributed by atoms with Gasteiger partial charge < -0.3 is 16.2 Å². The summed E-state index contributed by atoms with van der Waals surface area (Å²) >= 11 is 1.37. The van der Waals surface area contributed by atoms with Gasteiger partial charge >= 0.3 is 0 Å². The number of hydrogen-bond donors (Lipinski definition) is 3. The molecule has 1 aliphatic rings. The van der Waals surface area contributed by atoms with E-state index in [0.29, 0.717) is 10.7 Å². The zero-order chi connectivity index (χ0) is 14.1. The lowest BCUT2D eigenvalue weighted by molar-refractivity contribution is 0.0717. The third kappa shape index (κ3) is 2.62. The molecule has 5 nitrogen and oxygen atoms in total. The molecule has 1 heterocycles. The van der Waals surface area contributed by atoms with Crippen LogP contribution < -0.4 is 11.1 Å². The average molecular weight is 291 g/mol. The number of aliphatic hydroxyl groups is 1. The molecule has 1 fully saturated rings. The molecule has 4 N–H and O–H groups in total. The van der Waals surface area contributed by atoms with Crippen molar-refractivity contribution in [3.8, 4) is 0 Å². The fourth-order valence-corrected chi connectivity index (χ4v) is 3.39. The van der Waals surface area contributed by atoms with Crippen molar-refractivity contribution in [3.05, 3.63) is 23.8 Å². The third-order valence-corrected chi connectivity index (χ3v) is 4.56. The molecular formula is C14H17N3O2S. The number of fused-ring (bicyclic) bond motifs is 1. The number of nitrogens with one attached hydrogen (secondary N) is 1. The number of thiazole rings is 1.